The monoisotopic (exact) mass is 256 g/mol. The molecule has 0 saturated heterocycles. The van der Waals surface area contributed by atoms with E-state index in [2.05, 4.69) is 17.1 Å². The lowest BCUT2D eigenvalue weighted by Gasteiger charge is -2.08. The summed E-state index contributed by atoms with van der Waals surface area (Å²) in [6.45, 7) is 4.10. The Morgan fingerprint density at radius 2 is 2.26 bits per heavy atom. The Kier molecular flexibility index (Phi) is 4.50. The van der Waals surface area contributed by atoms with Crippen LogP contribution in [0.2, 0.25) is 0 Å². The SMILES string of the molecule is C=CCOc1cccc(C=CC2=NNC(=O)CC2)c1. The number of hydrogen-bond donors (Lipinski definition) is 1. The van der Waals surface area contributed by atoms with Gasteiger partial charge in [-0.2, -0.15) is 5.10 Å². The fraction of sp³-hybridized carbons (Fsp3) is 0.200. The Hall–Kier alpha value is -2.36. The van der Waals surface area contributed by atoms with Crippen molar-refractivity contribution < 1.29 is 9.53 Å². The van der Waals surface area contributed by atoms with E-state index in [0.29, 0.717) is 19.4 Å². The van der Waals surface area contributed by atoms with Gasteiger partial charge in [-0.05, 0) is 23.8 Å². The molecule has 1 aliphatic heterocycles. The second-order valence-electron chi connectivity index (χ2n) is 4.14. The quantitative estimate of drug-likeness (QED) is 0.823. The second kappa shape index (κ2) is 6.54. The first-order valence-electron chi connectivity index (χ1n) is 6.15. The van der Waals surface area contributed by atoms with Crippen LogP contribution in [0.15, 0.2) is 48.1 Å². The van der Waals surface area contributed by atoms with Gasteiger partial charge in [-0.15, -0.1) is 0 Å². The standard InChI is InChI=1S/C15H16N2O2/c1-2-10-19-14-5-3-4-12(11-14)6-7-13-8-9-15(18)17-16-13/h2-7,11H,1,8-10H2,(H,17,18). The van der Waals surface area contributed by atoms with Crippen molar-refractivity contribution >= 4 is 17.7 Å². The molecule has 0 radical (unpaired) electrons. The summed E-state index contributed by atoms with van der Waals surface area (Å²) in [4.78, 5) is 11.0. The van der Waals surface area contributed by atoms with Crippen LogP contribution in [0.25, 0.3) is 6.08 Å². The number of hydrogen-bond acceptors (Lipinski definition) is 3. The lowest BCUT2D eigenvalue weighted by molar-refractivity contribution is -0.121. The van der Waals surface area contributed by atoms with Gasteiger partial charge in [0, 0.05) is 12.8 Å². The normalized spacial score (nSPS) is 14.9. The maximum absolute atomic E-state index is 11.0. The van der Waals surface area contributed by atoms with Crippen molar-refractivity contribution in [1.82, 2.24) is 5.43 Å². The summed E-state index contributed by atoms with van der Waals surface area (Å²) in [5.74, 6) is 0.776. The van der Waals surface area contributed by atoms with Gasteiger partial charge < -0.3 is 4.74 Å². The molecule has 1 N–H and O–H groups in total. The van der Waals surface area contributed by atoms with Crippen molar-refractivity contribution in [2.75, 3.05) is 6.61 Å². The topological polar surface area (TPSA) is 50.7 Å². The van der Waals surface area contributed by atoms with Gasteiger partial charge in [-0.25, -0.2) is 5.43 Å². The summed E-state index contributed by atoms with van der Waals surface area (Å²) in [7, 11) is 0. The van der Waals surface area contributed by atoms with Crippen molar-refractivity contribution in [2.24, 2.45) is 5.10 Å². The van der Waals surface area contributed by atoms with Gasteiger partial charge in [-0.3, -0.25) is 4.79 Å². The Labute approximate surface area is 112 Å². The van der Waals surface area contributed by atoms with Crippen molar-refractivity contribution in [3.63, 3.8) is 0 Å². The van der Waals surface area contributed by atoms with Gasteiger partial charge >= 0.3 is 0 Å². The third-order valence-electron chi connectivity index (χ3n) is 2.63. The van der Waals surface area contributed by atoms with Gasteiger partial charge in [-0.1, -0.05) is 30.9 Å². The van der Waals surface area contributed by atoms with Crippen LogP contribution in [-0.4, -0.2) is 18.2 Å². The minimum absolute atomic E-state index is 0.0306. The summed E-state index contributed by atoms with van der Waals surface area (Å²) in [5, 5.41) is 3.98. The molecule has 0 aromatic heterocycles. The van der Waals surface area contributed by atoms with Crippen LogP contribution in [0, 0.1) is 0 Å². The van der Waals surface area contributed by atoms with E-state index < -0.39 is 0 Å². The average molecular weight is 256 g/mol. The summed E-state index contributed by atoms with van der Waals surface area (Å²) in [6.07, 6.45) is 6.74. The first kappa shape index (κ1) is 13.1. The molecule has 0 spiro atoms. The molecule has 1 aromatic rings. The average Bonchev–Trinajstić information content (AvgIpc) is 2.45. The summed E-state index contributed by atoms with van der Waals surface area (Å²) < 4.78 is 5.46. The Morgan fingerprint density at radius 3 is 3.00 bits per heavy atom. The highest BCUT2D eigenvalue weighted by molar-refractivity contribution is 6.02. The molecule has 0 aliphatic carbocycles. The van der Waals surface area contributed by atoms with E-state index in [-0.39, 0.29) is 5.91 Å². The largest absolute Gasteiger partial charge is 0.490 e. The number of ether oxygens (including phenoxy) is 1. The number of allylic oxidation sites excluding steroid dienone is 1. The highest BCUT2D eigenvalue weighted by Crippen LogP contribution is 2.15. The zero-order chi connectivity index (χ0) is 13.5. The molecule has 1 heterocycles. The molecule has 0 fully saturated rings. The molecule has 19 heavy (non-hydrogen) atoms. The van der Waals surface area contributed by atoms with Crippen LogP contribution >= 0.6 is 0 Å². The maximum atomic E-state index is 11.0. The van der Waals surface area contributed by atoms with E-state index >= 15 is 0 Å². The highest BCUT2D eigenvalue weighted by Gasteiger charge is 2.08. The number of amides is 1. The molecule has 2 rings (SSSR count). The van der Waals surface area contributed by atoms with Crippen molar-refractivity contribution in [2.45, 2.75) is 12.8 Å². The summed E-state index contributed by atoms with van der Waals surface area (Å²) in [5.41, 5.74) is 4.37. The second-order valence-corrected chi connectivity index (χ2v) is 4.14. The van der Waals surface area contributed by atoms with Gasteiger partial charge in [0.05, 0.1) is 5.71 Å². The molecule has 0 unspecified atom stereocenters. The van der Waals surface area contributed by atoms with Crippen LogP contribution in [0.4, 0.5) is 0 Å². The van der Waals surface area contributed by atoms with Crippen LogP contribution in [0.5, 0.6) is 5.75 Å². The minimum Gasteiger partial charge on any atom is -0.490 e. The third kappa shape index (κ3) is 4.10. The van der Waals surface area contributed by atoms with Crippen molar-refractivity contribution in [3.05, 3.63) is 48.6 Å². The number of nitrogens with one attached hydrogen (secondary N) is 1. The molecule has 4 heteroatoms. The summed E-state index contributed by atoms with van der Waals surface area (Å²) >= 11 is 0. The first-order valence-corrected chi connectivity index (χ1v) is 6.15. The fourth-order valence-electron chi connectivity index (χ4n) is 1.66. The molecule has 4 nitrogen and oxygen atoms in total. The number of benzene rings is 1. The number of nitrogens with zero attached hydrogens (tertiary/aromatic N) is 1. The molecule has 98 valence electrons. The molecule has 0 saturated carbocycles. The Bertz CT molecular complexity index is 533. The molecular weight excluding hydrogens is 240 g/mol. The molecule has 1 amide bonds. The number of rotatable bonds is 5. The highest BCUT2D eigenvalue weighted by atomic mass is 16.5. The molecule has 0 bridgehead atoms. The van der Waals surface area contributed by atoms with Crippen molar-refractivity contribution in [3.8, 4) is 5.75 Å². The number of hydrazone groups is 1. The zero-order valence-electron chi connectivity index (χ0n) is 10.6. The fourth-order valence-corrected chi connectivity index (χ4v) is 1.66. The first-order chi connectivity index (χ1) is 9.28. The zero-order valence-corrected chi connectivity index (χ0v) is 10.6. The van der Waals surface area contributed by atoms with E-state index in [0.717, 1.165) is 17.0 Å². The van der Waals surface area contributed by atoms with Crippen LogP contribution in [-0.2, 0) is 4.79 Å². The van der Waals surface area contributed by atoms with E-state index in [4.69, 9.17) is 4.74 Å². The van der Waals surface area contributed by atoms with E-state index in [9.17, 15) is 4.79 Å². The molecular formula is C15H16N2O2. The predicted molar refractivity (Wildman–Crippen MR) is 76.0 cm³/mol. The van der Waals surface area contributed by atoms with Crippen LogP contribution in [0.1, 0.15) is 18.4 Å². The van der Waals surface area contributed by atoms with Gasteiger partial charge in [0.25, 0.3) is 0 Å². The number of carbonyl (C=O) groups is 1. The van der Waals surface area contributed by atoms with E-state index in [1.54, 1.807) is 6.08 Å². The van der Waals surface area contributed by atoms with E-state index in [1.165, 1.54) is 0 Å². The Morgan fingerprint density at radius 1 is 1.37 bits per heavy atom. The maximum Gasteiger partial charge on any atom is 0.240 e. The van der Waals surface area contributed by atoms with Gasteiger partial charge in [0.15, 0.2) is 0 Å². The number of carbonyl (C=O) groups excluding carboxylic acids is 1. The van der Waals surface area contributed by atoms with Crippen molar-refractivity contribution in [1.29, 1.82) is 0 Å². The molecule has 1 aromatic carbocycles. The van der Waals surface area contributed by atoms with Gasteiger partial charge in [0.1, 0.15) is 12.4 Å². The lowest BCUT2D eigenvalue weighted by Crippen LogP contribution is -2.24. The van der Waals surface area contributed by atoms with Crippen LogP contribution < -0.4 is 10.2 Å². The van der Waals surface area contributed by atoms with E-state index in [1.807, 2.05) is 36.4 Å². The minimum atomic E-state index is -0.0306. The van der Waals surface area contributed by atoms with Crippen LogP contribution in [0.3, 0.4) is 0 Å². The third-order valence-corrected chi connectivity index (χ3v) is 2.63. The Balaban J connectivity index is 2.02. The predicted octanol–water partition coefficient (Wildman–Crippen LogP) is 2.53. The lowest BCUT2D eigenvalue weighted by atomic mass is 10.1. The smallest absolute Gasteiger partial charge is 0.240 e. The van der Waals surface area contributed by atoms with Gasteiger partial charge in [0.2, 0.25) is 5.91 Å². The molecule has 0 atom stereocenters. The molecule has 1 aliphatic rings. The summed E-state index contributed by atoms with van der Waals surface area (Å²) in [6, 6.07) is 7.77.